The normalized spacial score (nSPS) is 10.7. The first-order valence-corrected chi connectivity index (χ1v) is 9.35. The molecule has 6 heteroatoms. The van der Waals surface area contributed by atoms with Crippen molar-refractivity contribution >= 4 is 39.7 Å². The Labute approximate surface area is 171 Å². The van der Waals surface area contributed by atoms with E-state index in [1.54, 1.807) is 24.4 Å². The van der Waals surface area contributed by atoms with Crippen LogP contribution in [0.15, 0.2) is 82.4 Å². The van der Waals surface area contributed by atoms with Crippen molar-refractivity contribution in [3.63, 3.8) is 0 Å². The molecule has 0 radical (unpaired) electrons. The summed E-state index contributed by atoms with van der Waals surface area (Å²) in [5.74, 6) is 0.379. The minimum Gasteiger partial charge on any atom is -0.488 e. The zero-order valence-electron chi connectivity index (χ0n) is 14.2. The van der Waals surface area contributed by atoms with E-state index in [9.17, 15) is 4.79 Å². The van der Waals surface area contributed by atoms with Crippen LogP contribution in [-0.2, 0) is 6.61 Å². The molecule has 3 aromatic rings. The largest absolute Gasteiger partial charge is 0.488 e. The van der Waals surface area contributed by atoms with Crippen molar-refractivity contribution in [1.29, 1.82) is 0 Å². The first-order valence-electron chi connectivity index (χ1n) is 8.17. The first-order chi connectivity index (χ1) is 13.1. The maximum atomic E-state index is 12.2. The summed E-state index contributed by atoms with van der Waals surface area (Å²) in [6.45, 7) is 0.408. The fourth-order valence-corrected chi connectivity index (χ4v) is 2.92. The minimum atomic E-state index is -0.293. The molecule has 27 heavy (non-hydrogen) atoms. The van der Waals surface area contributed by atoms with Gasteiger partial charge in [-0.2, -0.15) is 5.10 Å². The highest BCUT2D eigenvalue weighted by Gasteiger charge is 2.08. The number of hydrogen-bond acceptors (Lipinski definition) is 3. The SMILES string of the molecule is O=C(N/N=C/c1ccccc1OCc1ccc(Cl)cc1)c1ccccc1Br. The Morgan fingerprint density at radius 1 is 1.04 bits per heavy atom. The average molecular weight is 444 g/mol. The molecule has 0 aliphatic carbocycles. The summed E-state index contributed by atoms with van der Waals surface area (Å²) in [5, 5.41) is 4.73. The molecule has 0 saturated carbocycles. The monoisotopic (exact) mass is 442 g/mol. The van der Waals surface area contributed by atoms with Crippen LogP contribution in [0.1, 0.15) is 21.5 Å². The number of halogens is 2. The van der Waals surface area contributed by atoms with Gasteiger partial charge >= 0.3 is 0 Å². The zero-order valence-corrected chi connectivity index (χ0v) is 16.6. The smallest absolute Gasteiger partial charge is 0.272 e. The zero-order chi connectivity index (χ0) is 19.1. The van der Waals surface area contributed by atoms with Crippen LogP contribution in [0.4, 0.5) is 0 Å². The van der Waals surface area contributed by atoms with Crippen molar-refractivity contribution in [1.82, 2.24) is 5.43 Å². The predicted octanol–water partition coefficient (Wildman–Crippen LogP) is 5.45. The molecule has 3 rings (SSSR count). The second-order valence-electron chi connectivity index (χ2n) is 5.63. The molecule has 4 nitrogen and oxygen atoms in total. The summed E-state index contributed by atoms with van der Waals surface area (Å²) < 4.78 is 6.58. The second-order valence-corrected chi connectivity index (χ2v) is 6.92. The van der Waals surface area contributed by atoms with Gasteiger partial charge in [-0.3, -0.25) is 4.79 Å². The molecule has 1 N–H and O–H groups in total. The van der Waals surface area contributed by atoms with E-state index in [-0.39, 0.29) is 5.91 Å². The van der Waals surface area contributed by atoms with E-state index in [0.717, 1.165) is 11.1 Å². The third-order valence-corrected chi connectivity index (χ3v) is 4.66. The molecule has 0 unspecified atom stereocenters. The van der Waals surface area contributed by atoms with E-state index in [1.807, 2.05) is 54.6 Å². The van der Waals surface area contributed by atoms with E-state index in [4.69, 9.17) is 16.3 Å². The maximum absolute atomic E-state index is 12.2. The summed E-state index contributed by atoms with van der Waals surface area (Å²) >= 11 is 9.25. The van der Waals surface area contributed by atoms with Crippen LogP contribution in [0, 0.1) is 0 Å². The van der Waals surface area contributed by atoms with Gasteiger partial charge in [-0.25, -0.2) is 5.43 Å². The van der Waals surface area contributed by atoms with Crippen LogP contribution in [0.3, 0.4) is 0 Å². The number of benzene rings is 3. The molecule has 0 aliphatic heterocycles. The van der Waals surface area contributed by atoms with Crippen molar-refractivity contribution in [3.05, 3.63) is 99.0 Å². The maximum Gasteiger partial charge on any atom is 0.272 e. The van der Waals surface area contributed by atoms with Crippen molar-refractivity contribution in [3.8, 4) is 5.75 Å². The van der Waals surface area contributed by atoms with E-state index in [1.165, 1.54) is 0 Å². The summed E-state index contributed by atoms with van der Waals surface area (Å²) in [7, 11) is 0. The van der Waals surface area contributed by atoms with E-state index in [0.29, 0.717) is 27.4 Å². The van der Waals surface area contributed by atoms with Crippen LogP contribution >= 0.6 is 27.5 Å². The van der Waals surface area contributed by atoms with Crippen LogP contribution in [-0.4, -0.2) is 12.1 Å². The number of nitrogens with zero attached hydrogens (tertiary/aromatic N) is 1. The molecule has 3 aromatic carbocycles. The van der Waals surface area contributed by atoms with Gasteiger partial charge in [0.05, 0.1) is 11.8 Å². The van der Waals surface area contributed by atoms with Gasteiger partial charge in [0.25, 0.3) is 5.91 Å². The molecular weight excluding hydrogens is 428 g/mol. The summed E-state index contributed by atoms with van der Waals surface area (Å²) in [5.41, 5.74) is 4.81. The van der Waals surface area contributed by atoms with Gasteiger partial charge in [-0.15, -0.1) is 0 Å². The number of para-hydroxylation sites is 1. The Bertz CT molecular complexity index is 958. The quantitative estimate of drug-likeness (QED) is 0.407. The molecule has 1 amide bonds. The number of rotatable bonds is 6. The summed E-state index contributed by atoms with van der Waals surface area (Å²) in [4.78, 5) is 12.2. The van der Waals surface area contributed by atoms with Gasteiger partial charge in [0.2, 0.25) is 0 Å². The number of carbonyl (C=O) groups excluding carboxylic acids is 1. The third-order valence-electron chi connectivity index (χ3n) is 3.71. The summed E-state index contributed by atoms with van der Waals surface area (Å²) in [6, 6.07) is 22.1. The molecule has 0 bridgehead atoms. The van der Waals surface area contributed by atoms with Gasteiger partial charge in [0.15, 0.2) is 0 Å². The fraction of sp³-hybridized carbons (Fsp3) is 0.0476. The predicted molar refractivity (Wildman–Crippen MR) is 111 cm³/mol. The topological polar surface area (TPSA) is 50.7 Å². The number of hydrazone groups is 1. The lowest BCUT2D eigenvalue weighted by Crippen LogP contribution is -2.18. The van der Waals surface area contributed by atoms with Gasteiger partial charge in [0.1, 0.15) is 12.4 Å². The van der Waals surface area contributed by atoms with Crippen molar-refractivity contribution in [2.24, 2.45) is 5.10 Å². The minimum absolute atomic E-state index is 0.293. The molecule has 0 heterocycles. The Balaban J connectivity index is 1.65. The number of nitrogens with one attached hydrogen (secondary N) is 1. The molecule has 0 aromatic heterocycles. The Morgan fingerprint density at radius 2 is 1.74 bits per heavy atom. The third kappa shape index (κ3) is 5.42. The van der Waals surface area contributed by atoms with Crippen LogP contribution in [0.5, 0.6) is 5.75 Å². The van der Waals surface area contributed by atoms with Crippen LogP contribution in [0.2, 0.25) is 5.02 Å². The van der Waals surface area contributed by atoms with E-state index in [2.05, 4.69) is 26.5 Å². The Hall–Kier alpha value is -2.63. The highest BCUT2D eigenvalue weighted by atomic mass is 79.9. The van der Waals surface area contributed by atoms with E-state index >= 15 is 0 Å². The molecule has 0 atom stereocenters. The lowest BCUT2D eigenvalue weighted by Gasteiger charge is -2.09. The second kappa shape index (κ2) is 9.35. The molecule has 0 saturated heterocycles. The Kier molecular flexibility index (Phi) is 6.63. The van der Waals surface area contributed by atoms with Gasteiger partial charge in [-0.05, 0) is 57.9 Å². The summed E-state index contributed by atoms with van der Waals surface area (Å²) in [6.07, 6.45) is 1.56. The number of hydrogen-bond donors (Lipinski definition) is 1. The van der Waals surface area contributed by atoms with Gasteiger partial charge < -0.3 is 4.74 Å². The van der Waals surface area contributed by atoms with Crippen molar-refractivity contribution in [2.45, 2.75) is 6.61 Å². The average Bonchev–Trinajstić information content (AvgIpc) is 2.68. The van der Waals surface area contributed by atoms with Gasteiger partial charge in [-0.1, -0.05) is 48.0 Å². The number of carbonyl (C=O) groups is 1. The Morgan fingerprint density at radius 3 is 2.52 bits per heavy atom. The molecule has 0 fully saturated rings. The molecule has 0 spiro atoms. The van der Waals surface area contributed by atoms with Gasteiger partial charge in [0, 0.05) is 15.1 Å². The van der Waals surface area contributed by atoms with E-state index < -0.39 is 0 Å². The van der Waals surface area contributed by atoms with Crippen molar-refractivity contribution < 1.29 is 9.53 Å². The number of ether oxygens (including phenoxy) is 1. The highest BCUT2D eigenvalue weighted by molar-refractivity contribution is 9.10. The lowest BCUT2D eigenvalue weighted by atomic mass is 10.2. The molecular formula is C21H16BrClN2O2. The molecule has 0 aliphatic rings. The number of amides is 1. The van der Waals surface area contributed by atoms with Crippen molar-refractivity contribution in [2.75, 3.05) is 0 Å². The standard InChI is InChI=1S/C21H16BrClN2O2/c22-19-7-3-2-6-18(19)21(26)25-24-13-16-5-1-4-8-20(16)27-14-15-9-11-17(23)12-10-15/h1-13H,14H2,(H,25,26)/b24-13+. The van der Waals surface area contributed by atoms with Crippen LogP contribution < -0.4 is 10.2 Å². The lowest BCUT2D eigenvalue weighted by molar-refractivity contribution is 0.0954. The fourth-order valence-electron chi connectivity index (χ4n) is 2.33. The highest BCUT2D eigenvalue weighted by Crippen LogP contribution is 2.19. The molecule has 136 valence electrons. The van der Waals surface area contributed by atoms with Crippen LogP contribution in [0.25, 0.3) is 0 Å². The first kappa shape index (κ1) is 19.1.